The van der Waals surface area contributed by atoms with Gasteiger partial charge in [0.1, 0.15) is 0 Å². The fourth-order valence-corrected chi connectivity index (χ4v) is 0.549. The second kappa shape index (κ2) is 2.30. The van der Waals surface area contributed by atoms with E-state index in [0.717, 1.165) is 0 Å². The van der Waals surface area contributed by atoms with Crippen LogP contribution in [-0.4, -0.2) is 31.3 Å². The van der Waals surface area contributed by atoms with Crippen molar-refractivity contribution >= 4 is 15.8 Å². The van der Waals surface area contributed by atoms with Crippen molar-refractivity contribution in [2.75, 3.05) is 6.26 Å². The van der Waals surface area contributed by atoms with Gasteiger partial charge < -0.3 is 5.11 Å². The lowest BCUT2D eigenvalue weighted by molar-refractivity contribution is -0.139. The van der Waals surface area contributed by atoms with Crippen LogP contribution in [0, 0.1) is 0 Å². The molecule has 9 heavy (non-hydrogen) atoms. The van der Waals surface area contributed by atoms with Crippen LogP contribution in [-0.2, 0) is 14.6 Å². The van der Waals surface area contributed by atoms with E-state index in [-0.39, 0.29) is 0 Å². The number of carbonyl (C=O) groups is 1. The van der Waals surface area contributed by atoms with Crippen molar-refractivity contribution < 1.29 is 22.7 Å². The molecular formula is C3H5FO4S. The number of carboxylic acids is 1. The van der Waals surface area contributed by atoms with Gasteiger partial charge in [-0.2, -0.15) is 0 Å². The minimum atomic E-state index is -4.07. The monoisotopic (exact) mass is 156 g/mol. The summed E-state index contributed by atoms with van der Waals surface area (Å²) in [7, 11) is -4.07. The topological polar surface area (TPSA) is 71.4 Å². The SMILES string of the molecule is CS(=O)(=O)C(F)C(=O)O. The number of rotatable bonds is 2. The highest BCUT2D eigenvalue weighted by molar-refractivity contribution is 7.91. The molecule has 0 fully saturated rings. The van der Waals surface area contributed by atoms with Crippen LogP contribution in [0.1, 0.15) is 0 Å². The van der Waals surface area contributed by atoms with Gasteiger partial charge in [0.25, 0.3) is 5.50 Å². The molecular weight excluding hydrogens is 151 g/mol. The Morgan fingerprint density at radius 1 is 1.67 bits per heavy atom. The lowest BCUT2D eigenvalue weighted by Gasteiger charge is -1.96. The molecule has 1 atom stereocenters. The van der Waals surface area contributed by atoms with E-state index >= 15 is 0 Å². The standard InChI is InChI=1S/C3H5FO4S/c1-9(7,8)2(4)3(5)6/h2H,1H3,(H,5,6). The Hall–Kier alpha value is -0.650. The Labute approximate surface area is 51.2 Å². The maximum atomic E-state index is 11.8. The number of sulfone groups is 1. The van der Waals surface area contributed by atoms with Crippen LogP contribution in [0.4, 0.5) is 4.39 Å². The number of aliphatic carboxylic acids is 1. The van der Waals surface area contributed by atoms with Crippen molar-refractivity contribution in [3.63, 3.8) is 0 Å². The largest absolute Gasteiger partial charge is 0.478 e. The highest BCUT2D eigenvalue weighted by Crippen LogP contribution is 1.98. The second-order valence-electron chi connectivity index (χ2n) is 1.48. The quantitative estimate of drug-likeness (QED) is 0.580. The van der Waals surface area contributed by atoms with Crippen LogP contribution in [0.15, 0.2) is 0 Å². The third-order valence-electron chi connectivity index (χ3n) is 0.570. The van der Waals surface area contributed by atoms with Crippen molar-refractivity contribution in [2.24, 2.45) is 0 Å². The minimum absolute atomic E-state index is 0.520. The Morgan fingerprint density at radius 2 is 2.00 bits per heavy atom. The molecule has 0 saturated carbocycles. The van der Waals surface area contributed by atoms with E-state index in [1.165, 1.54) is 0 Å². The molecule has 0 aromatic heterocycles. The van der Waals surface area contributed by atoms with Gasteiger partial charge in [0.15, 0.2) is 9.84 Å². The summed E-state index contributed by atoms with van der Waals surface area (Å²) in [6.45, 7) is 0. The Bertz CT molecular complexity index is 206. The van der Waals surface area contributed by atoms with Crippen LogP contribution in [0.3, 0.4) is 0 Å². The van der Waals surface area contributed by atoms with Gasteiger partial charge in [-0.3, -0.25) is 0 Å². The average molecular weight is 156 g/mol. The average Bonchev–Trinajstić information content (AvgIpc) is 1.62. The van der Waals surface area contributed by atoms with Crippen molar-refractivity contribution in [3.8, 4) is 0 Å². The summed E-state index contributed by atoms with van der Waals surface area (Å²) in [5.41, 5.74) is -2.79. The van der Waals surface area contributed by atoms with Crippen molar-refractivity contribution in [1.82, 2.24) is 0 Å². The molecule has 0 amide bonds. The van der Waals surface area contributed by atoms with E-state index < -0.39 is 21.3 Å². The fraction of sp³-hybridized carbons (Fsp3) is 0.667. The van der Waals surface area contributed by atoms with Crippen LogP contribution in [0.25, 0.3) is 0 Å². The molecule has 1 N–H and O–H groups in total. The molecule has 0 rings (SSSR count). The first-order chi connectivity index (χ1) is 3.85. The molecule has 0 bridgehead atoms. The van der Waals surface area contributed by atoms with Gasteiger partial charge in [-0.15, -0.1) is 0 Å². The molecule has 0 aromatic carbocycles. The van der Waals surface area contributed by atoms with Gasteiger partial charge in [-0.05, 0) is 0 Å². The van der Waals surface area contributed by atoms with Crippen molar-refractivity contribution in [2.45, 2.75) is 5.50 Å². The van der Waals surface area contributed by atoms with Gasteiger partial charge in [-0.1, -0.05) is 0 Å². The van der Waals surface area contributed by atoms with E-state index in [2.05, 4.69) is 0 Å². The molecule has 0 aliphatic carbocycles. The molecule has 6 heteroatoms. The van der Waals surface area contributed by atoms with Crippen LogP contribution >= 0.6 is 0 Å². The first-order valence-corrected chi connectivity index (χ1v) is 3.87. The lowest BCUT2D eigenvalue weighted by atomic mass is 10.8. The summed E-state index contributed by atoms with van der Waals surface area (Å²) in [5, 5.41) is 7.76. The first-order valence-electron chi connectivity index (χ1n) is 1.91. The number of hydrogen-bond acceptors (Lipinski definition) is 3. The first kappa shape index (κ1) is 8.35. The third-order valence-corrected chi connectivity index (χ3v) is 1.52. The van der Waals surface area contributed by atoms with Crippen LogP contribution in [0.2, 0.25) is 0 Å². The normalized spacial score (nSPS) is 14.9. The maximum Gasteiger partial charge on any atom is 0.354 e. The highest BCUT2D eigenvalue weighted by Gasteiger charge is 2.27. The molecule has 0 heterocycles. The molecule has 0 aromatic rings. The van der Waals surface area contributed by atoms with E-state index in [0.29, 0.717) is 6.26 Å². The Balaban J connectivity index is 4.43. The summed E-state index contributed by atoms with van der Waals surface area (Å²) in [6.07, 6.45) is 0.520. The number of halogens is 1. The van der Waals surface area contributed by atoms with E-state index in [9.17, 15) is 17.6 Å². The smallest absolute Gasteiger partial charge is 0.354 e. The zero-order valence-corrected chi connectivity index (χ0v) is 5.35. The molecule has 0 spiro atoms. The van der Waals surface area contributed by atoms with Crippen molar-refractivity contribution in [3.05, 3.63) is 0 Å². The molecule has 0 aliphatic rings. The van der Waals surface area contributed by atoms with Crippen LogP contribution in [0.5, 0.6) is 0 Å². The third kappa shape index (κ3) is 2.41. The number of alkyl halides is 1. The number of carboxylic acid groups (broad SMARTS) is 1. The second-order valence-corrected chi connectivity index (χ2v) is 3.56. The van der Waals surface area contributed by atoms with E-state index in [4.69, 9.17) is 5.11 Å². The van der Waals surface area contributed by atoms with Gasteiger partial charge in [-0.25, -0.2) is 17.6 Å². The van der Waals surface area contributed by atoms with Crippen molar-refractivity contribution in [1.29, 1.82) is 0 Å². The molecule has 0 radical (unpaired) electrons. The predicted octanol–water partition coefficient (Wildman–Crippen LogP) is -0.589. The predicted molar refractivity (Wildman–Crippen MR) is 27.4 cm³/mol. The van der Waals surface area contributed by atoms with Gasteiger partial charge in [0, 0.05) is 6.26 Å². The van der Waals surface area contributed by atoms with Gasteiger partial charge in [0.2, 0.25) is 0 Å². The van der Waals surface area contributed by atoms with E-state index in [1.54, 1.807) is 0 Å². The Kier molecular flexibility index (Phi) is 2.13. The molecule has 0 aliphatic heterocycles. The molecule has 0 saturated heterocycles. The van der Waals surface area contributed by atoms with E-state index in [1.807, 2.05) is 0 Å². The van der Waals surface area contributed by atoms with Gasteiger partial charge in [0.05, 0.1) is 0 Å². The van der Waals surface area contributed by atoms with Gasteiger partial charge >= 0.3 is 5.97 Å². The zero-order chi connectivity index (χ0) is 7.65. The highest BCUT2D eigenvalue weighted by atomic mass is 32.2. The summed E-state index contributed by atoms with van der Waals surface area (Å²) < 4.78 is 31.9. The summed E-state index contributed by atoms with van der Waals surface area (Å²) >= 11 is 0. The molecule has 54 valence electrons. The Morgan fingerprint density at radius 3 is 2.00 bits per heavy atom. The fourth-order valence-electron chi connectivity index (χ4n) is 0.183. The lowest BCUT2D eigenvalue weighted by Crippen LogP contribution is -2.23. The summed E-state index contributed by atoms with van der Waals surface area (Å²) in [6, 6.07) is 0. The summed E-state index contributed by atoms with van der Waals surface area (Å²) in [4.78, 5) is 9.59. The maximum absolute atomic E-state index is 11.8. The number of hydrogen-bond donors (Lipinski definition) is 1. The molecule has 1 unspecified atom stereocenters. The summed E-state index contributed by atoms with van der Waals surface area (Å²) in [5.74, 6) is -1.97. The molecule has 4 nitrogen and oxygen atoms in total. The minimum Gasteiger partial charge on any atom is -0.478 e. The van der Waals surface area contributed by atoms with Crippen LogP contribution < -0.4 is 0 Å². The zero-order valence-electron chi connectivity index (χ0n) is 4.54.